The van der Waals surface area contributed by atoms with Crippen LogP contribution >= 0.6 is 0 Å². The molecule has 0 radical (unpaired) electrons. The molecule has 23 heavy (non-hydrogen) atoms. The van der Waals surface area contributed by atoms with Crippen LogP contribution in [0.4, 0.5) is 0 Å². The fourth-order valence-corrected chi connectivity index (χ4v) is 4.02. The third kappa shape index (κ3) is 2.83. The molecule has 2 saturated heterocycles. The molecule has 2 fully saturated rings. The Morgan fingerprint density at radius 3 is 2.83 bits per heavy atom. The predicted molar refractivity (Wildman–Crippen MR) is 88.6 cm³/mol. The van der Waals surface area contributed by atoms with Crippen LogP contribution in [-0.2, 0) is 11.2 Å². The van der Waals surface area contributed by atoms with Gasteiger partial charge in [-0.15, -0.1) is 0 Å². The Morgan fingerprint density at radius 2 is 2.09 bits per heavy atom. The Morgan fingerprint density at radius 1 is 1.26 bits per heavy atom. The third-order valence-electron chi connectivity index (χ3n) is 5.56. The number of nitrogens with one attached hydrogen (secondary N) is 1. The van der Waals surface area contributed by atoms with Gasteiger partial charge in [0.25, 0.3) is 0 Å². The lowest BCUT2D eigenvalue weighted by Crippen LogP contribution is -2.52. The lowest BCUT2D eigenvalue weighted by molar-refractivity contribution is -0.124. The molecule has 5 nitrogen and oxygen atoms in total. The first-order valence-electron chi connectivity index (χ1n) is 8.74. The number of rotatable bonds is 3. The van der Waals surface area contributed by atoms with Gasteiger partial charge in [0.1, 0.15) is 5.75 Å². The van der Waals surface area contributed by atoms with Crippen molar-refractivity contribution in [2.45, 2.75) is 31.8 Å². The minimum Gasteiger partial charge on any atom is -0.493 e. The number of hydrogen-bond acceptors (Lipinski definition) is 4. The SMILES string of the molecule is C[C@@H](c1ccc2c(c1)OCC2)N1CCN(C2CCNC2=O)CC1. The molecule has 1 aromatic rings. The van der Waals surface area contributed by atoms with Crippen molar-refractivity contribution in [3.8, 4) is 5.75 Å². The number of hydrogen-bond donors (Lipinski definition) is 1. The lowest BCUT2D eigenvalue weighted by Gasteiger charge is -2.40. The van der Waals surface area contributed by atoms with Crippen LogP contribution < -0.4 is 10.1 Å². The zero-order valence-electron chi connectivity index (χ0n) is 13.8. The van der Waals surface area contributed by atoms with E-state index in [0.717, 1.165) is 57.9 Å². The quantitative estimate of drug-likeness (QED) is 0.910. The Bertz CT molecular complexity index is 596. The molecule has 5 heteroatoms. The van der Waals surface area contributed by atoms with Gasteiger partial charge in [-0.3, -0.25) is 14.6 Å². The molecular formula is C18H25N3O2. The predicted octanol–water partition coefficient (Wildman–Crippen LogP) is 1.19. The summed E-state index contributed by atoms with van der Waals surface area (Å²) in [7, 11) is 0. The Labute approximate surface area is 137 Å². The van der Waals surface area contributed by atoms with Crippen molar-refractivity contribution in [3.63, 3.8) is 0 Å². The van der Waals surface area contributed by atoms with E-state index in [9.17, 15) is 4.79 Å². The molecule has 4 rings (SSSR count). The monoisotopic (exact) mass is 315 g/mol. The van der Waals surface area contributed by atoms with Crippen LogP contribution in [0, 0.1) is 0 Å². The van der Waals surface area contributed by atoms with Crippen LogP contribution in [0.3, 0.4) is 0 Å². The van der Waals surface area contributed by atoms with Gasteiger partial charge < -0.3 is 10.1 Å². The molecule has 3 heterocycles. The average molecular weight is 315 g/mol. The van der Waals surface area contributed by atoms with E-state index in [4.69, 9.17) is 4.74 Å². The topological polar surface area (TPSA) is 44.8 Å². The molecule has 1 aromatic carbocycles. The molecule has 0 saturated carbocycles. The van der Waals surface area contributed by atoms with E-state index in [2.05, 4.69) is 40.2 Å². The van der Waals surface area contributed by atoms with Gasteiger partial charge in [0.05, 0.1) is 12.6 Å². The smallest absolute Gasteiger partial charge is 0.237 e. The number of nitrogens with zero attached hydrogens (tertiary/aromatic N) is 2. The summed E-state index contributed by atoms with van der Waals surface area (Å²) in [6.45, 7) is 7.90. The van der Waals surface area contributed by atoms with Crippen molar-refractivity contribution in [1.82, 2.24) is 15.1 Å². The van der Waals surface area contributed by atoms with Gasteiger partial charge in [-0.25, -0.2) is 0 Å². The number of carbonyl (C=O) groups is 1. The highest BCUT2D eigenvalue weighted by molar-refractivity contribution is 5.83. The zero-order chi connectivity index (χ0) is 15.8. The summed E-state index contributed by atoms with van der Waals surface area (Å²) in [5.74, 6) is 1.28. The first kappa shape index (κ1) is 15.0. The van der Waals surface area contributed by atoms with E-state index in [1.165, 1.54) is 11.1 Å². The van der Waals surface area contributed by atoms with Crippen molar-refractivity contribution in [3.05, 3.63) is 29.3 Å². The van der Waals surface area contributed by atoms with Crippen LogP contribution in [-0.4, -0.2) is 61.1 Å². The molecule has 0 aromatic heterocycles. The molecule has 1 amide bonds. The Balaban J connectivity index is 1.39. The minimum absolute atomic E-state index is 0.0980. The van der Waals surface area contributed by atoms with E-state index in [1.54, 1.807) is 0 Å². The second-order valence-electron chi connectivity index (χ2n) is 6.81. The molecule has 124 valence electrons. The van der Waals surface area contributed by atoms with Crippen molar-refractivity contribution in [2.24, 2.45) is 0 Å². The van der Waals surface area contributed by atoms with Crippen LogP contribution in [0.2, 0.25) is 0 Å². The van der Waals surface area contributed by atoms with Gasteiger partial charge in [0, 0.05) is 45.2 Å². The average Bonchev–Trinajstić information content (AvgIpc) is 3.22. The molecule has 0 spiro atoms. The largest absolute Gasteiger partial charge is 0.493 e. The number of amides is 1. The van der Waals surface area contributed by atoms with E-state index in [0.29, 0.717) is 6.04 Å². The third-order valence-corrected chi connectivity index (χ3v) is 5.56. The summed E-state index contributed by atoms with van der Waals surface area (Å²) in [5, 5.41) is 2.94. The van der Waals surface area contributed by atoms with Crippen LogP contribution in [0.1, 0.15) is 30.5 Å². The standard InChI is InChI=1S/C18H25N3O2/c1-13(15-3-2-14-5-11-23-17(14)12-15)20-7-9-21(10-8-20)16-4-6-19-18(16)22/h2-3,12-13,16H,4-11H2,1H3,(H,19,22)/t13-,16?/m0/s1. The highest BCUT2D eigenvalue weighted by Crippen LogP contribution is 2.31. The van der Waals surface area contributed by atoms with E-state index >= 15 is 0 Å². The van der Waals surface area contributed by atoms with Crippen molar-refractivity contribution < 1.29 is 9.53 Å². The molecule has 1 unspecified atom stereocenters. The summed E-state index contributed by atoms with van der Waals surface area (Å²) in [5.41, 5.74) is 2.66. The van der Waals surface area contributed by atoms with Crippen LogP contribution in [0.5, 0.6) is 5.75 Å². The summed E-state index contributed by atoms with van der Waals surface area (Å²) < 4.78 is 5.70. The number of piperazine rings is 1. The number of benzene rings is 1. The van der Waals surface area contributed by atoms with Crippen LogP contribution in [0.25, 0.3) is 0 Å². The fraction of sp³-hybridized carbons (Fsp3) is 0.611. The first-order chi connectivity index (χ1) is 11.2. The normalized spacial score (nSPS) is 26.7. The van der Waals surface area contributed by atoms with Crippen molar-refractivity contribution >= 4 is 5.91 Å². The number of ether oxygens (including phenoxy) is 1. The molecule has 0 aliphatic carbocycles. The summed E-state index contributed by atoms with van der Waals surface area (Å²) in [6.07, 6.45) is 1.99. The first-order valence-corrected chi connectivity index (χ1v) is 8.74. The van der Waals surface area contributed by atoms with E-state index in [1.807, 2.05) is 0 Å². The maximum atomic E-state index is 11.8. The molecule has 3 aliphatic heterocycles. The number of carbonyl (C=O) groups excluding carboxylic acids is 1. The lowest BCUT2D eigenvalue weighted by atomic mass is 10.0. The molecule has 0 bridgehead atoms. The highest BCUT2D eigenvalue weighted by Gasteiger charge is 2.33. The molecule has 1 N–H and O–H groups in total. The molecule has 2 atom stereocenters. The van der Waals surface area contributed by atoms with Gasteiger partial charge in [-0.2, -0.15) is 0 Å². The van der Waals surface area contributed by atoms with Crippen LogP contribution in [0.15, 0.2) is 18.2 Å². The summed E-state index contributed by atoms with van der Waals surface area (Å²) in [4.78, 5) is 16.7. The van der Waals surface area contributed by atoms with E-state index in [-0.39, 0.29) is 11.9 Å². The van der Waals surface area contributed by atoms with Gasteiger partial charge in [0.15, 0.2) is 0 Å². The maximum absolute atomic E-state index is 11.8. The second-order valence-corrected chi connectivity index (χ2v) is 6.81. The second kappa shape index (κ2) is 6.13. The highest BCUT2D eigenvalue weighted by atomic mass is 16.5. The van der Waals surface area contributed by atoms with Gasteiger partial charge >= 0.3 is 0 Å². The maximum Gasteiger partial charge on any atom is 0.237 e. The zero-order valence-corrected chi connectivity index (χ0v) is 13.8. The van der Waals surface area contributed by atoms with Gasteiger partial charge in [-0.05, 0) is 30.5 Å². The summed E-state index contributed by atoms with van der Waals surface area (Å²) >= 11 is 0. The van der Waals surface area contributed by atoms with Gasteiger partial charge in [-0.1, -0.05) is 12.1 Å². The van der Waals surface area contributed by atoms with Crippen molar-refractivity contribution in [2.75, 3.05) is 39.3 Å². The Kier molecular flexibility index (Phi) is 3.99. The number of fused-ring (bicyclic) bond motifs is 1. The van der Waals surface area contributed by atoms with E-state index < -0.39 is 0 Å². The van der Waals surface area contributed by atoms with Gasteiger partial charge in [0.2, 0.25) is 5.91 Å². The molecular weight excluding hydrogens is 290 g/mol. The van der Waals surface area contributed by atoms with Crippen molar-refractivity contribution in [1.29, 1.82) is 0 Å². The fourth-order valence-electron chi connectivity index (χ4n) is 4.02. The summed E-state index contributed by atoms with van der Waals surface area (Å²) in [6, 6.07) is 7.16. The molecule has 3 aliphatic rings. The minimum atomic E-state index is 0.0980. The Hall–Kier alpha value is -1.59.